The van der Waals surface area contributed by atoms with Gasteiger partial charge in [0.1, 0.15) is 5.82 Å². The molecule has 3 rings (SSSR count). The molecule has 0 radical (unpaired) electrons. The number of benzene rings is 1. The van der Waals surface area contributed by atoms with E-state index in [0.717, 1.165) is 54.1 Å². The van der Waals surface area contributed by atoms with Crippen molar-refractivity contribution >= 4 is 16.9 Å². The summed E-state index contributed by atoms with van der Waals surface area (Å²) >= 11 is 0. The highest BCUT2D eigenvalue weighted by Gasteiger charge is 2.05. The molecule has 1 aromatic carbocycles. The zero-order valence-corrected chi connectivity index (χ0v) is 15.1. The number of halogens is 1. The quantitative estimate of drug-likeness (QED) is 0.471. The van der Waals surface area contributed by atoms with Crippen LogP contribution in [0, 0.1) is 12.7 Å². The minimum Gasteiger partial charge on any atom is -0.361 e. The third-order valence-corrected chi connectivity index (χ3v) is 4.32. The van der Waals surface area contributed by atoms with Crippen molar-refractivity contribution in [3.8, 4) is 0 Å². The van der Waals surface area contributed by atoms with E-state index in [1.807, 2.05) is 25.4 Å². The lowest BCUT2D eigenvalue weighted by Gasteiger charge is -2.11. The van der Waals surface area contributed by atoms with Gasteiger partial charge in [-0.3, -0.25) is 9.98 Å². The molecule has 0 bridgehead atoms. The van der Waals surface area contributed by atoms with Crippen molar-refractivity contribution in [1.29, 1.82) is 0 Å². The van der Waals surface area contributed by atoms with Gasteiger partial charge in [0.2, 0.25) is 0 Å². The van der Waals surface area contributed by atoms with Gasteiger partial charge in [-0.1, -0.05) is 6.07 Å². The third kappa shape index (κ3) is 4.59. The Kier molecular flexibility index (Phi) is 5.84. The molecule has 136 valence electrons. The number of H-pyrrole nitrogens is 1. The lowest BCUT2D eigenvalue weighted by molar-refractivity contribution is 0.629. The molecule has 0 atom stereocenters. The first-order chi connectivity index (χ1) is 12.7. The number of aromatic amines is 1. The smallest absolute Gasteiger partial charge is 0.190 e. The van der Waals surface area contributed by atoms with E-state index in [2.05, 4.69) is 31.7 Å². The molecular formula is C20H24FN5. The molecule has 0 saturated carbocycles. The lowest BCUT2D eigenvalue weighted by atomic mass is 10.1. The molecule has 26 heavy (non-hydrogen) atoms. The average Bonchev–Trinajstić information content (AvgIpc) is 3.04. The summed E-state index contributed by atoms with van der Waals surface area (Å²) in [5.41, 5.74) is 4.26. The second-order valence-electron chi connectivity index (χ2n) is 6.24. The largest absolute Gasteiger partial charge is 0.361 e. The van der Waals surface area contributed by atoms with Crippen LogP contribution >= 0.6 is 0 Å². The lowest BCUT2D eigenvalue weighted by Crippen LogP contribution is -2.39. The molecule has 0 aliphatic heterocycles. The van der Waals surface area contributed by atoms with Gasteiger partial charge in [-0.2, -0.15) is 0 Å². The molecule has 3 N–H and O–H groups in total. The molecule has 0 fully saturated rings. The van der Waals surface area contributed by atoms with Crippen LogP contribution in [0.15, 0.2) is 47.7 Å². The first-order valence-electron chi connectivity index (χ1n) is 8.77. The van der Waals surface area contributed by atoms with E-state index < -0.39 is 0 Å². The molecule has 6 heteroatoms. The highest BCUT2D eigenvalue weighted by Crippen LogP contribution is 2.19. The Hall–Kier alpha value is -2.89. The Bertz CT molecular complexity index is 883. The summed E-state index contributed by atoms with van der Waals surface area (Å²) in [6.45, 7) is 3.48. The van der Waals surface area contributed by atoms with Crippen molar-refractivity contribution in [3.05, 3.63) is 65.4 Å². The number of hydrogen-bond donors (Lipinski definition) is 3. The maximum Gasteiger partial charge on any atom is 0.190 e. The van der Waals surface area contributed by atoms with Crippen molar-refractivity contribution in [2.75, 3.05) is 20.1 Å². The van der Waals surface area contributed by atoms with Crippen LogP contribution in [0.3, 0.4) is 0 Å². The number of rotatable bonds is 6. The summed E-state index contributed by atoms with van der Waals surface area (Å²) < 4.78 is 13.4. The minimum atomic E-state index is -0.214. The molecule has 3 aromatic rings. The number of hydrogen-bond acceptors (Lipinski definition) is 2. The molecule has 0 aliphatic rings. The van der Waals surface area contributed by atoms with Gasteiger partial charge in [0.25, 0.3) is 0 Å². The van der Waals surface area contributed by atoms with E-state index in [1.165, 1.54) is 11.6 Å². The monoisotopic (exact) mass is 353 g/mol. The van der Waals surface area contributed by atoms with Crippen molar-refractivity contribution in [2.24, 2.45) is 4.99 Å². The molecule has 0 aliphatic carbocycles. The van der Waals surface area contributed by atoms with Gasteiger partial charge in [0, 0.05) is 49.1 Å². The van der Waals surface area contributed by atoms with Crippen molar-refractivity contribution in [3.63, 3.8) is 0 Å². The highest BCUT2D eigenvalue weighted by molar-refractivity contribution is 5.83. The number of aryl methyl sites for hydroxylation is 1. The maximum atomic E-state index is 13.4. The van der Waals surface area contributed by atoms with Crippen LogP contribution in [0.25, 0.3) is 10.9 Å². The van der Waals surface area contributed by atoms with Gasteiger partial charge in [-0.05, 0) is 55.2 Å². The van der Waals surface area contributed by atoms with Gasteiger partial charge < -0.3 is 15.6 Å². The summed E-state index contributed by atoms with van der Waals surface area (Å²) in [7, 11) is 1.75. The van der Waals surface area contributed by atoms with E-state index in [-0.39, 0.29) is 5.82 Å². The first-order valence-corrected chi connectivity index (χ1v) is 8.77. The average molecular weight is 353 g/mol. The first kappa shape index (κ1) is 17.9. The van der Waals surface area contributed by atoms with Gasteiger partial charge >= 0.3 is 0 Å². The van der Waals surface area contributed by atoms with Crippen LogP contribution in [0.2, 0.25) is 0 Å². The van der Waals surface area contributed by atoms with Crippen LogP contribution < -0.4 is 10.6 Å². The fourth-order valence-electron chi connectivity index (χ4n) is 2.87. The summed E-state index contributed by atoms with van der Waals surface area (Å²) in [6.07, 6.45) is 5.51. The molecule has 2 aromatic heterocycles. The van der Waals surface area contributed by atoms with Crippen LogP contribution in [0.5, 0.6) is 0 Å². The topological polar surface area (TPSA) is 65.1 Å². The van der Waals surface area contributed by atoms with Crippen LogP contribution in [-0.4, -0.2) is 36.1 Å². The van der Waals surface area contributed by atoms with Crippen LogP contribution in [-0.2, 0) is 12.8 Å². The van der Waals surface area contributed by atoms with E-state index in [1.54, 1.807) is 19.2 Å². The number of fused-ring (bicyclic) bond motifs is 1. The number of nitrogens with one attached hydrogen (secondary N) is 3. The van der Waals surface area contributed by atoms with E-state index in [9.17, 15) is 4.39 Å². The SMILES string of the molecule is CN=C(NCCc1ccc(C)nc1)NCCc1c[nH]c2ccc(F)cc12. The summed E-state index contributed by atoms with van der Waals surface area (Å²) in [5.74, 6) is 0.547. The molecule has 0 unspecified atom stereocenters. The molecular weight excluding hydrogens is 329 g/mol. The molecule has 0 spiro atoms. The summed E-state index contributed by atoms with van der Waals surface area (Å²) in [4.78, 5) is 11.7. The van der Waals surface area contributed by atoms with Gasteiger partial charge in [-0.25, -0.2) is 4.39 Å². The zero-order valence-electron chi connectivity index (χ0n) is 15.1. The Labute approximate surface area is 152 Å². The van der Waals surface area contributed by atoms with Gasteiger partial charge in [0.05, 0.1) is 0 Å². The second kappa shape index (κ2) is 8.47. The van der Waals surface area contributed by atoms with Gasteiger partial charge in [0.15, 0.2) is 5.96 Å². The predicted molar refractivity (Wildman–Crippen MR) is 104 cm³/mol. The molecule has 0 saturated heterocycles. The van der Waals surface area contributed by atoms with Crippen LogP contribution in [0.1, 0.15) is 16.8 Å². The molecule has 0 amide bonds. The second-order valence-corrected chi connectivity index (χ2v) is 6.24. The van der Waals surface area contributed by atoms with Crippen molar-refractivity contribution < 1.29 is 4.39 Å². The fourth-order valence-corrected chi connectivity index (χ4v) is 2.87. The van der Waals surface area contributed by atoms with Gasteiger partial charge in [-0.15, -0.1) is 0 Å². The van der Waals surface area contributed by atoms with Crippen molar-refractivity contribution in [1.82, 2.24) is 20.6 Å². The minimum absolute atomic E-state index is 0.214. The standard InChI is InChI=1S/C20H24FN5/c1-14-3-4-15(12-25-14)7-9-23-20(22-2)24-10-8-16-13-26-19-6-5-17(21)11-18(16)19/h3-6,11-13,26H,7-10H2,1-2H3,(H2,22,23,24). The van der Waals surface area contributed by atoms with E-state index in [4.69, 9.17) is 0 Å². The number of aliphatic imine (C=N–C) groups is 1. The summed E-state index contributed by atoms with van der Waals surface area (Å²) in [5, 5.41) is 7.53. The third-order valence-electron chi connectivity index (χ3n) is 4.32. The Balaban J connectivity index is 1.46. The number of pyridine rings is 1. The predicted octanol–water partition coefficient (Wildman–Crippen LogP) is 2.96. The summed E-state index contributed by atoms with van der Waals surface area (Å²) in [6, 6.07) is 8.92. The van der Waals surface area contributed by atoms with Crippen LogP contribution in [0.4, 0.5) is 4.39 Å². The zero-order chi connectivity index (χ0) is 18.4. The number of aromatic nitrogens is 2. The molecule has 2 heterocycles. The normalized spacial score (nSPS) is 11.7. The Morgan fingerprint density at radius 3 is 2.69 bits per heavy atom. The maximum absolute atomic E-state index is 13.4. The van der Waals surface area contributed by atoms with Crippen molar-refractivity contribution in [2.45, 2.75) is 19.8 Å². The number of guanidine groups is 1. The number of nitrogens with zero attached hydrogens (tertiary/aromatic N) is 2. The Morgan fingerprint density at radius 2 is 1.96 bits per heavy atom. The van der Waals surface area contributed by atoms with E-state index >= 15 is 0 Å². The Morgan fingerprint density at radius 1 is 1.15 bits per heavy atom. The highest BCUT2D eigenvalue weighted by atomic mass is 19.1. The fraction of sp³-hybridized carbons (Fsp3) is 0.300. The van der Waals surface area contributed by atoms with E-state index in [0.29, 0.717) is 0 Å². The molecule has 5 nitrogen and oxygen atoms in total.